The van der Waals surface area contributed by atoms with E-state index in [1.165, 1.54) is 0 Å². The summed E-state index contributed by atoms with van der Waals surface area (Å²) < 4.78 is 19.4. The summed E-state index contributed by atoms with van der Waals surface area (Å²) in [4.78, 5) is 2.02. The summed E-state index contributed by atoms with van der Waals surface area (Å²) in [7, 11) is 3.52. The van der Waals surface area contributed by atoms with Crippen LogP contribution in [0, 0.1) is 5.82 Å². The van der Waals surface area contributed by atoms with E-state index in [4.69, 9.17) is 22.7 Å². The lowest BCUT2D eigenvalue weighted by molar-refractivity contribution is 0.415. The van der Waals surface area contributed by atoms with Gasteiger partial charge in [0.1, 0.15) is 16.6 Å². The number of anilines is 1. The predicted molar refractivity (Wildman–Crippen MR) is 87.4 cm³/mol. The maximum atomic E-state index is 14.3. The number of methoxy groups -OCH3 is 1. The molecule has 0 saturated heterocycles. The van der Waals surface area contributed by atoms with E-state index in [0.29, 0.717) is 12.1 Å². The molecule has 0 amide bonds. The minimum absolute atomic E-state index is 0.0708. The van der Waals surface area contributed by atoms with Crippen LogP contribution in [0.1, 0.15) is 11.1 Å². The minimum Gasteiger partial charge on any atom is -0.497 e. The Hall–Kier alpha value is -2.14. The van der Waals surface area contributed by atoms with Crippen LogP contribution < -0.4 is 15.4 Å². The van der Waals surface area contributed by atoms with Crippen molar-refractivity contribution in [3.8, 4) is 5.75 Å². The first-order valence-electron chi connectivity index (χ1n) is 6.45. The molecular weight excluding hydrogens is 287 g/mol. The molecule has 0 aromatic heterocycles. The van der Waals surface area contributed by atoms with Gasteiger partial charge >= 0.3 is 0 Å². The number of hydrogen-bond donors (Lipinski definition) is 1. The first-order chi connectivity index (χ1) is 10.0. The predicted octanol–water partition coefficient (Wildman–Crippen LogP) is 3.10. The number of ether oxygens (including phenoxy) is 1. The molecular formula is C16H17FN2OS. The van der Waals surface area contributed by atoms with Gasteiger partial charge in [0.05, 0.1) is 7.11 Å². The Kier molecular flexibility index (Phi) is 4.75. The van der Waals surface area contributed by atoms with Gasteiger partial charge in [-0.05, 0) is 30.3 Å². The van der Waals surface area contributed by atoms with Gasteiger partial charge in [-0.2, -0.15) is 0 Å². The molecule has 0 radical (unpaired) electrons. The number of nitrogens with zero attached hydrogens (tertiary/aromatic N) is 1. The fourth-order valence-electron chi connectivity index (χ4n) is 2.08. The van der Waals surface area contributed by atoms with Gasteiger partial charge in [-0.25, -0.2) is 4.39 Å². The van der Waals surface area contributed by atoms with Crippen molar-refractivity contribution in [2.45, 2.75) is 6.54 Å². The summed E-state index contributed by atoms with van der Waals surface area (Å²) in [6, 6.07) is 12.7. The van der Waals surface area contributed by atoms with E-state index < -0.39 is 0 Å². The van der Waals surface area contributed by atoms with E-state index in [2.05, 4.69) is 0 Å². The third-order valence-corrected chi connectivity index (χ3v) is 3.48. The highest BCUT2D eigenvalue weighted by Gasteiger charge is 2.12. The Bertz CT molecular complexity index is 643. The van der Waals surface area contributed by atoms with E-state index in [9.17, 15) is 4.39 Å². The normalized spacial score (nSPS) is 10.2. The van der Waals surface area contributed by atoms with Crippen molar-refractivity contribution in [1.29, 1.82) is 0 Å². The van der Waals surface area contributed by atoms with Crippen molar-refractivity contribution in [1.82, 2.24) is 0 Å². The molecule has 0 saturated carbocycles. The average Bonchev–Trinajstić information content (AvgIpc) is 2.49. The van der Waals surface area contributed by atoms with Crippen molar-refractivity contribution in [3.63, 3.8) is 0 Å². The first-order valence-corrected chi connectivity index (χ1v) is 6.86. The van der Waals surface area contributed by atoms with Crippen LogP contribution >= 0.6 is 12.2 Å². The molecule has 2 aromatic rings. The van der Waals surface area contributed by atoms with Gasteiger partial charge < -0.3 is 15.4 Å². The zero-order valence-corrected chi connectivity index (χ0v) is 12.8. The topological polar surface area (TPSA) is 38.5 Å². The van der Waals surface area contributed by atoms with Crippen LogP contribution in [0.25, 0.3) is 0 Å². The second-order valence-electron chi connectivity index (χ2n) is 4.70. The number of hydrogen-bond acceptors (Lipinski definition) is 3. The standard InChI is InChI=1S/C16H17FN2OS/c1-19(12-6-8-13(20-2)9-7-12)10-11-4-3-5-14(15(11)17)16(18)21/h3-9H,10H2,1-2H3,(H2,18,21). The zero-order valence-electron chi connectivity index (χ0n) is 12.0. The maximum absolute atomic E-state index is 14.3. The number of halogens is 1. The van der Waals surface area contributed by atoms with Gasteiger partial charge in [0.15, 0.2) is 0 Å². The highest BCUT2D eigenvalue weighted by atomic mass is 32.1. The third kappa shape index (κ3) is 3.49. The smallest absolute Gasteiger partial charge is 0.138 e. The number of rotatable bonds is 5. The maximum Gasteiger partial charge on any atom is 0.138 e. The molecule has 2 N–H and O–H groups in total. The Morgan fingerprint density at radius 3 is 2.48 bits per heavy atom. The van der Waals surface area contributed by atoms with E-state index in [1.807, 2.05) is 36.2 Å². The molecule has 0 aliphatic carbocycles. The van der Waals surface area contributed by atoms with Crippen molar-refractivity contribution in [2.75, 3.05) is 19.1 Å². The molecule has 3 nitrogen and oxygen atoms in total. The summed E-state index contributed by atoms with van der Waals surface area (Å²) in [5.74, 6) is 0.430. The van der Waals surface area contributed by atoms with Gasteiger partial charge in [-0.3, -0.25) is 0 Å². The fraction of sp³-hybridized carbons (Fsp3) is 0.188. The van der Waals surface area contributed by atoms with Crippen LogP contribution in [0.15, 0.2) is 42.5 Å². The van der Waals surface area contributed by atoms with Gasteiger partial charge in [-0.15, -0.1) is 0 Å². The van der Waals surface area contributed by atoms with Gasteiger partial charge in [0, 0.05) is 30.4 Å². The second-order valence-corrected chi connectivity index (χ2v) is 5.14. The van der Waals surface area contributed by atoms with E-state index in [-0.39, 0.29) is 16.4 Å². The first kappa shape index (κ1) is 15.3. The molecule has 0 unspecified atom stereocenters. The summed E-state index contributed by atoms with van der Waals surface area (Å²) in [5, 5.41) is 0. The van der Waals surface area contributed by atoms with Gasteiger partial charge in [0.2, 0.25) is 0 Å². The lowest BCUT2D eigenvalue weighted by Crippen LogP contribution is -2.19. The molecule has 110 valence electrons. The molecule has 0 atom stereocenters. The van der Waals surface area contributed by atoms with Crippen molar-refractivity contribution >= 4 is 22.9 Å². The Balaban J connectivity index is 2.20. The fourth-order valence-corrected chi connectivity index (χ4v) is 2.23. The third-order valence-electron chi connectivity index (χ3n) is 3.26. The van der Waals surface area contributed by atoms with Crippen molar-refractivity contribution < 1.29 is 9.13 Å². The SMILES string of the molecule is COc1ccc(N(C)Cc2cccc(C(N)=S)c2F)cc1. The molecule has 2 aromatic carbocycles. The largest absolute Gasteiger partial charge is 0.497 e. The number of nitrogens with two attached hydrogens (primary N) is 1. The molecule has 0 aliphatic rings. The van der Waals surface area contributed by atoms with Crippen LogP contribution in [0.4, 0.5) is 10.1 Å². The quantitative estimate of drug-likeness (QED) is 0.862. The molecule has 5 heteroatoms. The van der Waals surface area contributed by atoms with E-state index >= 15 is 0 Å². The van der Waals surface area contributed by atoms with Crippen molar-refractivity contribution in [2.24, 2.45) is 5.73 Å². The van der Waals surface area contributed by atoms with E-state index in [1.54, 1.807) is 25.3 Å². The van der Waals surface area contributed by atoms with Crippen LogP contribution in [0.3, 0.4) is 0 Å². The molecule has 0 spiro atoms. The second kappa shape index (κ2) is 6.54. The monoisotopic (exact) mass is 304 g/mol. The summed E-state index contributed by atoms with van der Waals surface area (Å²) in [6.45, 7) is 0.425. The molecule has 0 heterocycles. The molecule has 0 fully saturated rings. The lowest BCUT2D eigenvalue weighted by atomic mass is 10.1. The van der Waals surface area contributed by atoms with Crippen LogP contribution in [0.2, 0.25) is 0 Å². The molecule has 2 rings (SSSR count). The number of benzene rings is 2. The van der Waals surface area contributed by atoms with Crippen molar-refractivity contribution in [3.05, 3.63) is 59.4 Å². The highest BCUT2D eigenvalue weighted by Crippen LogP contribution is 2.21. The molecule has 21 heavy (non-hydrogen) atoms. The summed E-state index contributed by atoms with van der Waals surface area (Å²) >= 11 is 4.85. The minimum atomic E-state index is -0.356. The zero-order chi connectivity index (χ0) is 15.4. The highest BCUT2D eigenvalue weighted by molar-refractivity contribution is 7.80. The average molecular weight is 304 g/mol. The Morgan fingerprint density at radius 2 is 1.90 bits per heavy atom. The van der Waals surface area contributed by atoms with E-state index in [0.717, 1.165) is 11.4 Å². The van der Waals surface area contributed by atoms with Crippen LogP contribution in [-0.4, -0.2) is 19.1 Å². The summed E-state index contributed by atoms with van der Waals surface area (Å²) in [5.41, 5.74) is 7.33. The summed E-state index contributed by atoms with van der Waals surface area (Å²) in [6.07, 6.45) is 0. The van der Waals surface area contributed by atoms with Gasteiger partial charge in [-0.1, -0.05) is 24.4 Å². The molecule has 0 bridgehead atoms. The Labute approximate surface area is 129 Å². The Morgan fingerprint density at radius 1 is 1.24 bits per heavy atom. The van der Waals surface area contributed by atoms with Crippen LogP contribution in [0.5, 0.6) is 5.75 Å². The van der Waals surface area contributed by atoms with Crippen LogP contribution in [-0.2, 0) is 6.54 Å². The number of thiocarbonyl (C=S) groups is 1. The van der Waals surface area contributed by atoms with Gasteiger partial charge in [0.25, 0.3) is 0 Å². The lowest BCUT2D eigenvalue weighted by Gasteiger charge is -2.20. The molecule has 0 aliphatic heterocycles.